The second-order valence-electron chi connectivity index (χ2n) is 6.22. The lowest BCUT2D eigenvalue weighted by molar-refractivity contribution is -0.116. The number of para-hydroxylation sites is 1. The second-order valence-corrected chi connectivity index (χ2v) is 7.25. The Kier molecular flexibility index (Phi) is 4.46. The van der Waals surface area contributed by atoms with Crippen LogP contribution in [0.15, 0.2) is 42.5 Å². The third kappa shape index (κ3) is 3.55. The van der Waals surface area contributed by atoms with Gasteiger partial charge in [-0.25, -0.2) is 9.37 Å². The monoisotopic (exact) mass is 355 g/mol. The zero-order chi connectivity index (χ0) is 17.2. The minimum Gasteiger partial charge on any atom is -0.325 e. The van der Waals surface area contributed by atoms with Gasteiger partial charge in [0, 0.05) is 18.0 Å². The fourth-order valence-corrected chi connectivity index (χ4v) is 4.14. The van der Waals surface area contributed by atoms with Crippen LogP contribution >= 0.6 is 11.3 Å². The van der Waals surface area contributed by atoms with E-state index in [1.807, 2.05) is 24.3 Å². The normalized spacial score (nSPS) is 17.1. The minimum absolute atomic E-state index is 0.0617. The number of carbonyl (C=O) groups is 1. The molecule has 0 aliphatic carbocycles. The van der Waals surface area contributed by atoms with Crippen LogP contribution in [-0.4, -0.2) is 23.5 Å². The number of hydrogen-bond acceptors (Lipinski definition) is 4. The Morgan fingerprint density at radius 1 is 1.32 bits per heavy atom. The number of amides is 1. The van der Waals surface area contributed by atoms with Crippen molar-refractivity contribution in [2.45, 2.75) is 25.3 Å². The fraction of sp³-hybridized carbons (Fsp3) is 0.263. The van der Waals surface area contributed by atoms with Crippen LogP contribution < -0.4 is 10.6 Å². The van der Waals surface area contributed by atoms with Crippen molar-refractivity contribution in [1.82, 2.24) is 10.3 Å². The quantitative estimate of drug-likeness (QED) is 0.738. The van der Waals surface area contributed by atoms with Crippen molar-refractivity contribution in [2.75, 3.05) is 11.9 Å². The highest BCUT2D eigenvalue weighted by Gasteiger charge is 2.19. The van der Waals surface area contributed by atoms with Crippen LogP contribution in [0.1, 0.15) is 19.3 Å². The van der Waals surface area contributed by atoms with Gasteiger partial charge in [-0.2, -0.15) is 0 Å². The molecule has 0 radical (unpaired) electrons. The Bertz CT molecular complexity index is 885. The van der Waals surface area contributed by atoms with Gasteiger partial charge in [-0.1, -0.05) is 12.1 Å². The summed E-state index contributed by atoms with van der Waals surface area (Å²) in [7, 11) is 0. The maximum absolute atomic E-state index is 13.8. The summed E-state index contributed by atoms with van der Waals surface area (Å²) in [5, 5.41) is 6.95. The van der Waals surface area contributed by atoms with Crippen molar-refractivity contribution in [3.05, 3.63) is 48.3 Å². The zero-order valence-electron chi connectivity index (χ0n) is 13.6. The Morgan fingerprint density at radius 2 is 2.20 bits per heavy atom. The van der Waals surface area contributed by atoms with Crippen molar-refractivity contribution in [2.24, 2.45) is 0 Å². The molecule has 1 aliphatic rings. The molecule has 25 heavy (non-hydrogen) atoms. The van der Waals surface area contributed by atoms with E-state index in [9.17, 15) is 9.18 Å². The lowest BCUT2D eigenvalue weighted by Crippen LogP contribution is -2.27. The van der Waals surface area contributed by atoms with Gasteiger partial charge < -0.3 is 10.6 Å². The van der Waals surface area contributed by atoms with E-state index in [0.29, 0.717) is 22.7 Å². The molecule has 1 amide bonds. The molecule has 2 heterocycles. The largest absolute Gasteiger partial charge is 0.325 e. The van der Waals surface area contributed by atoms with Crippen molar-refractivity contribution >= 4 is 33.1 Å². The zero-order valence-corrected chi connectivity index (χ0v) is 14.4. The van der Waals surface area contributed by atoms with E-state index >= 15 is 0 Å². The summed E-state index contributed by atoms with van der Waals surface area (Å²) in [5.41, 5.74) is 2.09. The fourth-order valence-electron chi connectivity index (χ4n) is 3.15. The van der Waals surface area contributed by atoms with Crippen molar-refractivity contribution in [3.8, 4) is 10.6 Å². The molecule has 4 rings (SSSR count). The Balaban J connectivity index is 1.63. The lowest BCUT2D eigenvalue weighted by Gasteiger charge is -2.12. The van der Waals surface area contributed by atoms with Gasteiger partial charge >= 0.3 is 0 Å². The summed E-state index contributed by atoms with van der Waals surface area (Å²) >= 11 is 1.49. The van der Waals surface area contributed by atoms with Crippen LogP contribution in [0, 0.1) is 5.82 Å². The molecule has 0 bridgehead atoms. The van der Waals surface area contributed by atoms with Gasteiger partial charge in [0.2, 0.25) is 5.91 Å². The summed E-state index contributed by atoms with van der Waals surface area (Å²) < 4.78 is 14.8. The summed E-state index contributed by atoms with van der Waals surface area (Å²) in [4.78, 5) is 16.9. The average molecular weight is 355 g/mol. The minimum atomic E-state index is -0.343. The first-order chi connectivity index (χ1) is 12.2. The number of halogens is 1. The number of nitrogens with zero attached hydrogens (tertiary/aromatic N) is 1. The molecule has 4 nitrogen and oxygen atoms in total. The number of hydrogen-bond donors (Lipinski definition) is 2. The SMILES string of the molecule is O=C(CC1CCCN1)Nc1ccc(F)cc1-c1nc2ccccc2s1. The molecular formula is C19H18FN3OS. The molecule has 1 aliphatic heterocycles. The van der Waals surface area contributed by atoms with Gasteiger partial charge in [0.15, 0.2) is 0 Å². The maximum atomic E-state index is 13.8. The van der Waals surface area contributed by atoms with E-state index in [-0.39, 0.29) is 17.8 Å². The molecular weight excluding hydrogens is 337 g/mol. The molecule has 1 fully saturated rings. The van der Waals surface area contributed by atoms with E-state index in [4.69, 9.17) is 0 Å². The number of benzene rings is 2. The number of thiazole rings is 1. The summed E-state index contributed by atoms with van der Waals surface area (Å²) in [6.07, 6.45) is 2.55. The molecule has 1 saturated heterocycles. The van der Waals surface area contributed by atoms with E-state index in [1.165, 1.54) is 23.5 Å². The third-order valence-corrected chi connectivity index (χ3v) is 5.44. The molecule has 6 heteroatoms. The number of aromatic nitrogens is 1. The molecule has 2 N–H and O–H groups in total. The molecule has 3 aromatic rings. The Labute approximate surface area is 149 Å². The van der Waals surface area contributed by atoms with Crippen LogP contribution in [0.4, 0.5) is 10.1 Å². The van der Waals surface area contributed by atoms with Gasteiger partial charge in [-0.3, -0.25) is 4.79 Å². The first kappa shape index (κ1) is 16.2. The van der Waals surface area contributed by atoms with Crippen LogP contribution in [0.2, 0.25) is 0 Å². The van der Waals surface area contributed by atoms with Crippen LogP contribution in [0.3, 0.4) is 0 Å². The third-order valence-electron chi connectivity index (χ3n) is 4.37. The Hall–Kier alpha value is -2.31. The van der Waals surface area contributed by atoms with Crippen LogP contribution in [-0.2, 0) is 4.79 Å². The molecule has 2 aromatic carbocycles. The highest BCUT2D eigenvalue weighted by atomic mass is 32.1. The topological polar surface area (TPSA) is 54.0 Å². The first-order valence-electron chi connectivity index (χ1n) is 8.38. The molecule has 0 saturated carbocycles. The van der Waals surface area contributed by atoms with Crippen molar-refractivity contribution < 1.29 is 9.18 Å². The van der Waals surface area contributed by atoms with Gasteiger partial charge in [0.05, 0.1) is 15.9 Å². The molecule has 128 valence electrons. The van der Waals surface area contributed by atoms with Gasteiger partial charge in [-0.15, -0.1) is 11.3 Å². The van der Waals surface area contributed by atoms with Gasteiger partial charge in [-0.05, 0) is 49.7 Å². The van der Waals surface area contributed by atoms with E-state index in [2.05, 4.69) is 15.6 Å². The van der Waals surface area contributed by atoms with Gasteiger partial charge in [0.1, 0.15) is 10.8 Å². The standard InChI is InChI=1S/C19H18FN3OS/c20-12-7-8-15(22-18(24)11-13-4-3-9-21-13)14(10-12)19-23-16-5-1-2-6-17(16)25-19/h1-2,5-8,10,13,21H,3-4,9,11H2,(H,22,24). The maximum Gasteiger partial charge on any atom is 0.225 e. The average Bonchev–Trinajstić information content (AvgIpc) is 3.25. The summed E-state index contributed by atoms with van der Waals surface area (Å²) in [5.74, 6) is -0.405. The van der Waals surface area contributed by atoms with Crippen LogP contribution in [0.5, 0.6) is 0 Å². The summed E-state index contributed by atoms with van der Waals surface area (Å²) in [6, 6.07) is 12.4. The molecule has 0 spiro atoms. The summed E-state index contributed by atoms with van der Waals surface area (Å²) in [6.45, 7) is 0.964. The van der Waals surface area contributed by atoms with E-state index < -0.39 is 0 Å². The van der Waals surface area contributed by atoms with E-state index in [0.717, 1.165) is 29.6 Å². The number of anilines is 1. The molecule has 1 aromatic heterocycles. The smallest absolute Gasteiger partial charge is 0.225 e. The predicted molar refractivity (Wildman–Crippen MR) is 99.3 cm³/mol. The lowest BCUT2D eigenvalue weighted by atomic mass is 10.1. The molecule has 1 atom stereocenters. The van der Waals surface area contributed by atoms with Crippen molar-refractivity contribution in [1.29, 1.82) is 0 Å². The van der Waals surface area contributed by atoms with Gasteiger partial charge in [0.25, 0.3) is 0 Å². The van der Waals surface area contributed by atoms with Crippen LogP contribution in [0.25, 0.3) is 20.8 Å². The predicted octanol–water partition coefficient (Wildman–Crippen LogP) is 4.18. The number of fused-ring (bicyclic) bond motifs is 1. The highest BCUT2D eigenvalue weighted by Crippen LogP contribution is 2.35. The van der Waals surface area contributed by atoms with Crippen molar-refractivity contribution in [3.63, 3.8) is 0 Å². The molecule has 1 unspecified atom stereocenters. The van der Waals surface area contributed by atoms with E-state index in [1.54, 1.807) is 6.07 Å². The Morgan fingerprint density at radius 3 is 3.00 bits per heavy atom. The second kappa shape index (κ2) is 6.90. The number of rotatable bonds is 4. The number of carbonyl (C=O) groups excluding carboxylic acids is 1. The highest BCUT2D eigenvalue weighted by molar-refractivity contribution is 7.21. The number of nitrogens with one attached hydrogen (secondary N) is 2. The first-order valence-corrected chi connectivity index (χ1v) is 9.19.